The molecule has 1 heterocycles. The van der Waals surface area contributed by atoms with E-state index in [9.17, 15) is 23.6 Å². The van der Waals surface area contributed by atoms with Crippen LogP contribution in [0.25, 0.3) is 21.9 Å². The van der Waals surface area contributed by atoms with Crippen molar-refractivity contribution in [2.45, 2.75) is 17.4 Å². The Balaban J connectivity index is 0.00000253. The first-order chi connectivity index (χ1) is 17.3. The molecule has 3 aromatic carbocycles. The fraction of sp³-hybridized carbons (Fsp3) is 0.192. The highest BCUT2D eigenvalue weighted by molar-refractivity contribution is 7.89. The molecule has 0 saturated heterocycles. The molecular formula is C26H28Cl2N4O5S. The summed E-state index contributed by atoms with van der Waals surface area (Å²) in [5, 5.41) is 25.3. The molecular weight excluding hydrogens is 551 g/mol. The highest BCUT2D eigenvalue weighted by Crippen LogP contribution is 2.30. The number of pyridine rings is 1. The first-order valence-electron chi connectivity index (χ1n) is 11.4. The van der Waals surface area contributed by atoms with E-state index in [4.69, 9.17) is 0 Å². The molecule has 0 aliphatic carbocycles. The fourth-order valence-electron chi connectivity index (χ4n) is 3.91. The summed E-state index contributed by atoms with van der Waals surface area (Å²) in [6.45, 7) is 0.694. The second-order valence-electron chi connectivity index (χ2n) is 8.32. The topological polar surface area (TPSA) is 134 Å². The van der Waals surface area contributed by atoms with Crippen molar-refractivity contribution >= 4 is 51.3 Å². The number of hydrogen-bond acceptors (Lipinski definition) is 7. The molecule has 9 nitrogen and oxygen atoms in total. The van der Waals surface area contributed by atoms with E-state index in [1.165, 1.54) is 12.1 Å². The third kappa shape index (κ3) is 7.94. The Kier molecular flexibility index (Phi) is 11.6. The standard InChI is InChI=1S/C26H26N4O5S.2ClH/c31-24(14-19-6-8-23(9-7-19)30(32)33)18-28-12-13-29-36(34,35)26-16-21(20-4-2-1-3-5-20)15-22-17-27-11-10-25(22)26;;/h1-11,15-17,24,28-29,31H,12-14,18H2;2*1H. The summed E-state index contributed by atoms with van der Waals surface area (Å²) in [5.74, 6) is 0. The van der Waals surface area contributed by atoms with Crippen molar-refractivity contribution in [3.05, 3.63) is 101 Å². The van der Waals surface area contributed by atoms with Crippen molar-refractivity contribution in [1.29, 1.82) is 0 Å². The zero-order valence-electron chi connectivity index (χ0n) is 20.2. The van der Waals surface area contributed by atoms with E-state index in [2.05, 4.69) is 15.0 Å². The molecule has 0 fully saturated rings. The van der Waals surface area contributed by atoms with Crippen LogP contribution in [0.5, 0.6) is 0 Å². The third-order valence-corrected chi connectivity index (χ3v) is 7.20. The van der Waals surface area contributed by atoms with E-state index in [0.29, 0.717) is 18.4 Å². The van der Waals surface area contributed by atoms with E-state index in [0.717, 1.165) is 22.1 Å². The lowest BCUT2D eigenvalue weighted by Gasteiger charge is -2.14. The number of aliphatic hydroxyl groups excluding tert-OH is 1. The molecule has 4 aromatic rings. The minimum Gasteiger partial charge on any atom is -0.391 e. The Bertz CT molecular complexity index is 1460. The Morgan fingerprint density at radius 1 is 0.947 bits per heavy atom. The quantitative estimate of drug-likeness (QED) is 0.138. The number of hydrogen-bond donors (Lipinski definition) is 3. The molecule has 38 heavy (non-hydrogen) atoms. The average molecular weight is 580 g/mol. The van der Waals surface area contributed by atoms with Gasteiger partial charge in [-0.05, 0) is 41.3 Å². The number of nitrogens with zero attached hydrogens (tertiary/aromatic N) is 2. The highest BCUT2D eigenvalue weighted by atomic mass is 35.5. The van der Waals surface area contributed by atoms with Crippen LogP contribution in [0.15, 0.2) is 90.1 Å². The maximum Gasteiger partial charge on any atom is 0.269 e. The minimum atomic E-state index is -3.81. The minimum absolute atomic E-state index is 0. The summed E-state index contributed by atoms with van der Waals surface area (Å²) in [5.41, 5.74) is 2.46. The van der Waals surface area contributed by atoms with Crippen molar-refractivity contribution in [3.63, 3.8) is 0 Å². The van der Waals surface area contributed by atoms with Gasteiger partial charge in [0.25, 0.3) is 5.69 Å². The summed E-state index contributed by atoms with van der Waals surface area (Å²) in [6, 6.07) is 20.8. The van der Waals surface area contributed by atoms with Gasteiger partial charge < -0.3 is 10.4 Å². The van der Waals surface area contributed by atoms with Gasteiger partial charge in [0.15, 0.2) is 0 Å². The van der Waals surface area contributed by atoms with Gasteiger partial charge in [-0.2, -0.15) is 0 Å². The molecule has 0 bridgehead atoms. The number of fused-ring (bicyclic) bond motifs is 1. The van der Waals surface area contributed by atoms with Crippen LogP contribution in [-0.4, -0.2) is 49.2 Å². The van der Waals surface area contributed by atoms with E-state index in [1.807, 2.05) is 36.4 Å². The Morgan fingerprint density at radius 3 is 2.34 bits per heavy atom. The molecule has 4 rings (SSSR count). The number of aromatic nitrogens is 1. The molecule has 0 aliphatic heterocycles. The van der Waals surface area contributed by atoms with Crippen LogP contribution >= 0.6 is 24.8 Å². The average Bonchev–Trinajstić information content (AvgIpc) is 2.88. The second kappa shape index (κ2) is 14.1. The normalized spacial score (nSPS) is 11.8. The maximum atomic E-state index is 13.2. The Morgan fingerprint density at radius 2 is 1.66 bits per heavy atom. The van der Waals surface area contributed by atoms with E-state index in [1.54, 1.807) is 36.7 Å². The van der Waals surface area contributed by atoms with Gasteiger partial charge in [-0.15, -0.1) is 24.8 Å². The van der Waals surface area contributed by atoms with Crippen LogP contribution < -0.4 is 10.0 Å². The van der Waals surface area contributed by atoms with E-state index >= 15 is 0 Å². The summed E-state index contributed by atoms with van der Waals surface area (Å²) >= 11 is 0. The molecule has 12 heteroatoms. The van der Waals surface area contributed by atoms with Crippen molar-refractivity contribution in [3.8, 4) is 11.1 Å². The van der Waals surface area contributed by atoms with Crippen LogP contribution in [0.1, 0.15) is 5.56 Å². The monoisotopic (exact) mass is 578 g/mol. The van der Waals surface area contributed by atoms with Crippen LogP contribution in [0.3, 0.4) is 0 Å². The zero-order chi connectivity index (χ0) is 25.5. The first-order valence-corrected chi connectivity index (χ1v) is 12.9. The fourth-order valence-corrected chi connectivity index (χ4v) is 5.20. The third-order valence-electron chi connectivity index (χ3n) is 5.70. The number of rotatable bonds is 11. The van der Waals surface area contributed by atoms with Gasteiger partial charge in [0.1, 0.15) is 0 Å². The van der Waals surface area contributed by atoms with Gasteiger partial charge in [-0.3, -0.25) is 15.1 Å². The summed E-state index contributed by atoms with van der Waals surface area (Å²) in [6.07, 6.45) is 2.82. The van der Waals surface area contributed by atoms with Gasteiger partial charge in [0.05, 0.1) is 15.9 Å². The van der Waals surface area contributed by atoms with Gasteiger partial charge in [-0.25, -0.2) is 13.1 Å². The van der Waals surface area contributed by atoms with Crippen molar-refractivity contribution in [1.82, 2.24) is 15.0 Å². The Hall–Kier alpha value is -3.12. The summed E-state index contributed by atoms with van der Waals surface area (Å²) < 4.78 is 29.0. The second-order valence-corrected chi connectivity index (χ2v) is 10.1. The largest absolute Gasteiger partial charge is 0.391 e. The molecule has 1 atom stereocenters. The molecule has 0 radical (unpaired) electrons. The van der Waals surface area contributed by atoms with Crippen molar-refractivity contribution < 1.29 is 18.4 Å². The van der Waals surface area contributed by atoms with Gasteiger partial charge in [0, 0.05) is 54.9 Å². The number of nitrogens with one attached hydrogen (secondary N) is 2. The smallest absolute Gasteiger partial charge is 0.269 e. The molecule has 0 amide bonds. The molecule has 0 saturated carbocycles. The summed E-state index contributed by atoms with van der Waals surface area (Å²) in [4.78, 5) is 14.6. The predicted octanol–water partition coefficient (Wildman–Crippen LogP) is 4.13. The van der Waals surface area contributed by atoms with Crippen LogP contribution in [0, 0.1) is 10.1 Å². The molecule has 0 aliphatic rings. The van der Waals surface area contributed by atoms with E-state index < -0.39 is 21.1 Å². The molecule has 0 spiro atoms. The highest BCUT2D eigenvalue weighted by Gasteiger charge is 2.19. The number of benzene rings is 3. The summed E-state index contributed by atoms with van der Waals surface area (Å²) in [7, 11) is -3.81. The zero-order valence-corrected chi connectivity index (χ0v) is 22.6. The van der Waals surface area contributed by atoms with Gasteiger partial charge in [-0.1, -0.05) is 42.5 Å². The number of aliphatic hydroxyl groups is 1. The maximum absolute atomic E-state index is 13.2. The van der Waals surface area contributed by atoms with E-state index in [-0.39, 0.29) is 48.5 Å². The predicted molar refractivity (Wildman–Crippen MR) is 153 cm³/mol. The van der Waals surface area contributed by atoms with Crippen molar-refractivity contribution in [2.75, 3.05) is 19.6 Å². The van der Waals surface area contributed by atoms with Crippen LogP contribution in [0.2, 0.25) is 0 Å². The lowest BCUT2D eigenvalue weighted by atomic mass is 10.0. The number of nitro groups is 1. The number of nitro benzene ring substituents is 1. The first kappa shape index (κ1) is 31.1. The Labute approximate surface area is 233 Å². The molecule has 1 unspecified atom stereocenters. The lowest BCUT2D eigenvalue weighted by molar-refractivity contribution is -0.384. The van der Waals surface area contributed by atoms with Gasteiger partial charge >= 0.3 is 0 Å². The SMILES string of the molecule is Cl.Cl.O=[N+]([O-])c1ccc(CC(O)CNCCNS(=O)(=O)c2cc(-c3ccccc3)cc3cnccc23)cc1. The molecule has 3 N–H and O–H groups in total. The number of non-ortho nitro benzene ring substituents is 1. The van der Waals surface area contributed by atoms with Crippen LogP contribution in [0.4, 0.5) is 5.69 Å². The number of halogens is 2. The van der Waals surface area contributed by atoms with Crippen molar-refractivity contribution in [2.24, 2.45) is 0 Å². The molecule has 1 aromatic heterocycles. The lowest BCUT2D eigenvalue weighted by Crippen LogP contribution is -2.35. The van der Waals surface area contributed by atoms with Gasteiger partial charge in [0.2, 0.25) is 10.0 Å². The number of sulfonamides is 1. The molecule has 202 valence electrons. The van der Waals surface area contributed by atoms with Crippen LogP contribution in [-0.2, 0) is 16.4 Å².